The van der Waals surface area contributed by atoms with E-state index in [9.17, 15) is 18.7 Å². The highest BCUT2D eigenvalue weighted by Crippen LogP contribution is 2.49. The molecule has 0 bridgehead atoms. The van der Waals surface area contributed by atoms with E-state index in [4.69, 9.17) is 4.74 Å². The molecule has 0 aliphatic carbocycles. The Balaban J connectivity index is 1.31. The third-order valence-corrected chi connectivity index (χ3v) is 8.19. The highest BCUT2D eigenvalue weighted by atomic mass is 79.9. The fourth-order valence-corrected chi connectivity index (χ4v) is 6.03. The lowest BCUT2D eigenvalue weighted by Gasteiger charge is -2.55. The summed E-state index contributed by atoms with van der Waals surface area (Å²) in [5, 5.41) is 11.7. The first-order valence-electron chi connectivity index (χ1n) is 13.8. The second kappa shape index (κ2) is 13.4. The van der Waals surface area contributed by atoms with Gasteiger partial charge in [-0.1, -0.05) is 64.5 Å². The topological polar surface area (TPSA) is 49.8 Å². The van der Waals surface area contributed by atoms with E-state index in [0.29, 0.717) is 25.0 Å². The highest BCUT2D eigenvalue weighted by molar-refractivity contribution is 9.09. The van der Waals surface area contributed by atoms with Crippen LogP contribution in [0.3, 0.4) is 0 Å². The summed E-state index contributed by atoms with van der Waals surface area (Å²) in [4.78, 5) is 14.3. The number of carbonyl (C=O) groups is 1. The lowest BCUT2D eigenvalue weighted by Crippen LogP contribution is -2.59. The average Bonchev–Trinajstić information content (AvgIpc) is 2.98. The van der Waals surface area contributed by atoms with Crippen molar-refractivity contribution in [1.29, 1.82) is 0 Å². The third kappa shape index (κ3) is 6.85. The molecule has 4 aromatic carbocycles. The predicted molar refractivity (Wildman–Crippen MR) is 160 cm³/mol. The Hall–Kier alpha value is -3.55. The SMILES string of the molecule is O=CC1C(CCC(O)c2ccc(F)cc2)C(c2ccc(OCc3ccc(CCBr)cc3)cc2)N1c1ccc(F)cc1. The molecule has 7 heteroatoms. The number of hydrogen-bond acceptors (Lipinski definition) is 4. The molecule has 41 heavy (non-hydrogen) atoms. The van der Waals surface area contributed by atoms with Crippen LogP contribution in [0.25, 0.3) is 0 Å². The number of aliphatic hydroxyl groups is 1. The fourth-order valence-electron chi connectivity index (χ4n) is 5.57. The van der Waals surface area contributed by atoms with Crippen LogP contribution in [0.2, 0.25) is 0 Å². The number of hydrogen-bond donors (Lipinski definition) is 1. The molecule has 1 saturated heterocycles. The minimum absolute atomic E-state index is 0.0718. The molecule has 0 amide bonds. The summed E-state index contributed by atoms with van der Waals surface area (Å²) in [6, 6.07) is 27.6. The molecule has 4 aromatic rings. The van der Waals surface area contributed by atoms with Gasteiger partial charge in [-0.3, -0.25) is 0 Å². The van der Waals surface area contributed by atoms with Gasteiger partial charge in [0.25, 0.3) is 0 Å². The smallest absolute Gasteiger partial charge is 0.142 e. The molecule has 4 nitrogen and oxygen atoms in total. The van der Waals surface area contributed by atoms with Gasteiger partial charge in [-0.05, 0) is 90.0 Å². The van der Waals surface area contributed by atoms with Crippen molar-refractivity contribution >= 4 is 27.9 Å². The van der Waals surface area contributed by atoms with Gasteiger partial charge in [0, 0.05) is 16.9 Å². The maximum absolute atomic E-state index is 13.7. The van der Waals surface area contributed by atoms with Crippen molar-refractivity contribution in [3.05, 3.63) is 131 Å². The van der Waals surface area contributed by atoms with Gasteiger partial charge in [-0.2, -0.15) is 0 Å². The molecule has 1 aliphatic heterocycles. The zero-order valence-electron chi connectivity index (χ0n) is 22.5. The van der Waals surface area contributed by atoms with Crippen molar-refractivity contribution in [1.82, 2.24) is 0 Å². The lowest BCUT2D eigenvalue weighted by atomic mass is 9.73. The number of ether oxygens (including phenoxy) is 1. The summed E-state index contributed by atoms with van der Waals surface area (Å²) in [6.45, 7) is 0.455. The molecular formula is C34H32BrF2NO3. The summed E-state index contributed by atoms with van der Waals surface area (Å²) in [6.07, 6.45) is 2.14. The Morgan fingerprint density at radius 2 is 1.46 bits per heavy atom. The van der Waals surface area contributed by atoms with Crippen LogP contribution in [0.15, 0.2) is 97.1 Å². The highest BCUT2D eigenvalue weighted by Gasteiger charge is 2.48. The largest absolute Gasteiger partial charge is 0.489 e. The van der Waals surface area contributed by atoms with E-state index in [1.165, 1.54) is 29.8 Å². The number of anilines is 1. The fraction of sp³-hybridized carbons (Fsp3) is 0.265. The standard InChI is InChI=1S/C34H32BrF2NO3/c35-20-19-23-1-3-24(4-2-23)22-41-30-15-7-26(8-16-30)34-31(17-18-33(40)25-5-9-27(36)10-6-25)32(21-39)38(34)29-13-11-28(37)12-14-29/h1-16,21,31-34,40H,17-20,22H2. The number of aryl methyl sites for hydroxylation is 1. The molecule has 0 radical (unpaired) electrons. The van der Waals surface area contributed by atoms with Crippen molar-refractivity contribution in [3.63, 3.8) is 0 Å². The number of nitrogens with zero attached hydrogens (tertiary/aromatic N) is 1. The van der Waals surface area contributed by atoms with Crippen molar-refractivity contribution < 1.29 is 23.4 Å². The monoisotopic (exact) mass is 619 g/mol. The summed E-state index contributed by atoms with van der Waals surface area (Å²) >= 11 is 3.47. The molecule has 0 spiro atoms. The van der Waals surface area contributed by atoms with Gasteiger partial charge in [-0.25, -0.2) is 8.78 Å². The van der Waals surface area contributed by atoms with E-state index in [0.717, 1.165) is 40.6 Å². The number of rotatable bonds is 12. The molecule has 0 saturated carbocycles. The Morgan fingerprint density at radius 1 is 0.854 bits per heavy atom. The molecular weight excluding hydrogens is 588 g/mol. The van der Waals surface area contributed by atoms with Crippen molar-refractivity contribution in [2.24, 2.45) is 5.92 Å². The van der Waals surface area contributed by atoms with Gasteiger partial charge < -0.3 is 19.5 Å². The van der Waals surface area contributed by atoms with E-state index in [2.05, 4.69) is 40.2 Å². The normalized spacial score (nSPS) is 18.9. The Morgan fingerprint density at radius 3 is 2.07 bits per heavy atom. The Labute approximate surface area is 247 Å². The summed E-state index contributed by atoms with van der Waals surface area (Å²) in [7, 11) is 0. The molecule has 1 aliphatic rings. The van der Waals surface area contributed by atoms with Gasteiger partial charge in [0.05, 0.1) is 18.2 Å². The quantitative estimate of drug-likeness (QED) is 0.130. The van der Waals surface area contributed by atoms with E-state index in [1.54, 1.807) is 24.3 Å². The van der Waals surface area contributed by atoms with Crippen LogP contribution in [-0.4, -0.2) is 22.8 Å². The van der Waals surface area contributed by atoms with Crippen LogP contribution in [-0.2, 0) is 17.8 Å². The molecule has 5 rings (SSSR count). The van der Waals surface area contributed by atoms with Crippen LogP contribution in [0.5, 0.6) is 5.75 Å². The molecule has 1 heterocycles. The number of carbonyl (C=O) groups excluding carboxylic acids is 1. The number of benzene rings is 4. The zero-order chi connectivity index (χ0) is 28.8. The van der Waals surface area contributed by atoms with Gasteiger partial charge in [-0.15, -0.1) is 0 Å². The molecule has 4 atom stereocenters. The molecule has 4 unspecified atom stereocenters. The molecule has 212 valence electrons. The number of aliphatic hydroxyl groups excluding tert-OH is 1. The first kappa shape index (κ1) is 29.0. The molecule has 0 aromatic heterocycles. The van der Waals surface area contributed by atoms with Crippen molar-refractivity contribution in [3.8, 4) is 5.75 Å². The van der Waals surface area contributed by atoms with Crippen molar-refractivity contribution in [2.45, 2.75) is 44.1 Å². The van der Waals surface area contributed by atoms with E-state index in [-0.39, 0.29) is 23.6 Å². The van der Waals surface area contributed by atoms with Crippen LogP contribution in [0.4, 0.5) is 14.5 Å². The van der Waals surface area contributed by atoms with Gasteiger partial charge in [0.15, 0.2) is 0 Å². The van der Waals surface area contributed by atoms with Gasteiger partial charge >= 0.3 is 0 Å². The number of halogens is 3. The van der Waals surface area contributed by atoms with E-state index >= 15 is 0 Å². The lowest BCUT2D eigenvalue weighted by molar-refractivity contribution is -0.112. The summed E-state index contributed by atoms with van der Waals surface area (Å²) in [5.74, 6) is -0.0306. The average molecular weight is 621 g/mol. The molecule has 1 fully saturated rings. The minimum Gasteiger partial charge on any atom is -0.489 e. The first-order valence-corrected chi connectivity index (χ1v) is 14.9. The van der Waals surface area contributed by atoms with Crippen LogP contribution in [0, 0.1) is 17.6 Å². The van der Waals surface area contributed by atoms with Crippen LogP contribution >= 0.6 is 15.9 Å². The Kier molecular flexibility index (Phi) is 9.47. The number of aldehydes is 1. The van der Waals surface area contributed by atoms with Crippen molar-refractivity contribution in [2.75, 3.05) is 10.2 Å². The minimum atomic E-state index is -0.771. The summed E-state index contributed by atoms with van der Waals surface area (Å²) in [5.41, 5.74) is 4.75. The van der Waals surface area contributed by atoms with Crippen LogP contribution in [0.1, 0.15) is 47.2 Å². The number of alkyl halides is 1. The van der Waals surface area contributed by atoms with Gasteiger partial charge in [0.1, 0.15) is 30.3 Å². The zero-order valence-corrected chi connectivity index (χ0v) is 24.1. The third-order valence-electron chi connectivity index (χ3n) is 7.79. The first-order chi connectivity index (χ1) is 20.0. The predicted octanol–water partition coefficient (Wildman–Crippen LogP) is 7.74. The maximum atomic E-state index is 13.7. The molecule has 1 N–H and O–H groups in total. The second-order valence-corrected chi connectivity index (χ2v) is 11.2. The van der Waals surface area contributed by atoms with Crippen LogP contribution < -0.4 is 9.64 Å². The second-order valence-electron chi connectivity index (χ2n) is 10.4. The Bertz CT molecular complexity index is 1410. The van der Waals surface area contributed by atoms with E-state index in [1.807, 2.05) is 29.2 Å². The van der Waals surface area contributed by atoms with E-state index < -0.39 is 12.1 Å². The summed E-state index contributed by atoms with van der Waals surface area (Å²) < 4.78 is 33.0. The maximum Gasteiger partial charge on any atom is 0.142 e. The van der Waals surface area contributed by atoms with Gasteiger partial charge in [0.2, 0.25) is 0 Å².